The number of benzene rings is 2. The molecule has 12 heteroatoms. The van der Waals surface area contributed by atoms with Crippen molar-refractivity contribution in [2.45, 2.75) is 48.4 Å². The van der Waals surface area contributed by atoms with Gasteiger partial charge in [-0.3, -0.25) is 14.5 Å². The molecule has 2 aliphatic heterocycles. The Kier molecular flexibility index (Phi) is 7.36. The molecule has 3 aliphatic rings. The number of hydrogen-bond donors (Lipinski definition) is 2. The van der Waals surface area contributed by atoms with Crippen molar-refractivity contribution in [3.8, 4) is 11.5 Å². The van der Waals surface area contributed by atoms with Gasteiger partial charge in [0.2, 0.25) is 11.8 Å². The second-order valence-electron chi connectivity index (χ2n) is 10.4. The maximum atomic E-state index is 13.5. The van der Waals surface area contributed by atoms with Crippen LogP contribution in [-0.4, -0.2) is 67.3 Å². The molecule has 2 aromatic carbocycles. The van der Waals surface area contributed by atoms with Gasteiger partial charge in [0.1, 0.15) is 15.7 Å². The number of fused-ring (bicyclic) bond motifs is 5. The van der Waals surface area contributed by atoms with E-state index in [0.717, 1.165) is 35.3 Å². The number of amides is 2. The molecule has 3 heterocycles. The van der Waals surface area contributed by atoms with Crippen molar-refractivity contribution in [2.75, 3.05) is 19.6 Å². The summed E-state index contributed by atoms with van der Waals surface area (Å²) < 4.78 is 40.6. The Bertz CT molecular complexity index is 1540. The smallest absolute Gasteiger partial charge is 0.252 e. The van der Waals surface area contributed by atoms with Crippen LogP contribution in [0, 0.1) is 0 Å². The molecule has 40 heavy (non-hydrogen) atoms. The monoisotopic (exact) mass is 582 g/mol. The van der Waals surface area contributed by atoms with E-state index in [1.807, 2.05) is 48.5 Å². The molecule has 6 rings (SSSR count). The number of rotatable bonds is 4. The highest BCUT2D eigenvalue weighted by Gasteiger charge is 2.42. The molecule has 2 atom stereocenters. The first-order chi connectivity index (χ1) is 19.2. The first-order valence-electron chi connectivity index (χ1n) is 13.1. The molecule has 3 aromatic rings. The predicted octanol–water partition coefficient (Wildman–Crippen LogP) is 2.69. The molecule has 2 amide bonds. The fourth-order valence-corrected chi connectivity index (χ4v) is 7.92. The lowest BCUT2D eigenvalue weighted by molar-refractivity contribution is -0.124. The van der Waals surface area contributed by atoms with Gasteiger partial charge in [0.25, 0.3) is 10.0 Å². The van der Waals surface area contributed by atoms with Gasteiger partial charge in [0.05, 0.1) is 30.9 Å². The van der Waals surface area contributed by atoms with Gasteiger partial charge in [-0.25, -0.2) is 8.42 Å². The van der Waals surface area contributed by atoms with Crippen LogP contribution < -0.4 is 15.8 Å². The highest BCUT2D eigenvalue weighted by atomic mass is 32.2. The quantitative estimate of drug-likeness (QED) is 0.484. The fourth-order valence-electron chi connectivity index (χ4n) is 5.12. The average molecular weight is 583 g/mol. The Balaban J connectivity index is 1.28. The molecule has 3 N–H and O–H groups in total. The summed E-state index contributed by atoms with van der Waals surface area (Å²) in [6, 6.07) is 16.5. The van der Waals surface area contributed by atoms with Crippen molar-refractivity contribution in [3.05, 3.63) is 76.7 Å². The number of thiophene rings is 1. The first kappa shape index (κ1) is 26.9. The molecular weight excluding hydrogens is 552 g/mol. The van der Waals surface area contributed by atoms with Gasteiger partial charge in [-0.2, -0.15) is 4.31 Å². The third-order valence-electron chi connectivity index (χ3n) is 7.33. The van der Waals surface area contributed by atoms with E-state index in [1.165, 1.54) is 15.8 Å². The van der Waals surface area contributed by atoms with E-state index >= 15 is 0 Å². The summed E-state index contributed by atoms with van der Waals surface area (Å²) in [4.78, 5) is 27.0. The zero-order valence-corrected chi connectivity index (χ0v) is 23.3. The Morgan fingerprint density at radius 2 is 1.73 bits per heavy atom. The van der Waals surface area contributed by atoms with E-state index in [1.54, 1.807) is 0 Å². The standard InChI is InChI=1S/C28H30N4O6S2/c29-28(34)20-11-27(39-17-20)40(35,36)32-13-24-25(14-32)37-16-19-4-2-6-23(10-19)38-22-5-1-3-18(9-22)12-31(21-7-8-21)15-26(33)30-24/h1-6,9-11,17,21,24-25H,7-8,12-16H2,(H2,29,34)(H,30,33)/t24-,25-/m0/s1. The van der Waals surface area contributed by atoms with E-state index in [0.29, 0.717) is 24.1 Å². The van der Waals surface area contributed by atoms with Crippen LogP contribution in [0.1, 0.15) is 34.3 Å². The van der Waals surface area contributed by atoms with E-state index in [-0.39, 0.29) is 41.9 Å². The summed E-state index contributed by atoms with van der Waals surface area (Å²) in [5.74, 6) is 0.520. The molecule has 2 fully saturated rings. The minimum Gasteiger partial charge on any atom is -0.457 e. The molecule has 1 aliphatic carbocycles. The summed E-state index contributed by atoms with van der Waals surface area (Å²) in [7, 11) is -3.92. The number of ether oxygens (including phenoxy) is 2. The van der Waals surface area contributed by atoms with Crippen molar-refractivity contribution in [1.29, 1.82) is 0 Å². The number of nitrogens with one attached hydrogen (secondary N) is 1. The molecule has 4 bridgehead atoms. The van der Waals surface area contributed by atoms with Crippen LogP contribution in [0.5, 0.6) is 11.5 Å². The largest absolute Gasteiger partial charge is 0.457 e. The highest BCUT2D eigenvalue weighted by Crippen LogP contribution is 2.31. The Morgan fingerprint density at radius 3 is 2.42 bits per heavy atom. The van der Waals surface area contributed by atoms with Crippen LogP contribution in [0.3, 0.4) is 0 Å². The molecule has 0 spiro atoms. The minimum absolute atomic E-state index is 0.0249. The van der Waals surface area contributed by atoms with Crippen molar-refractivity contribution >= 4 is 33.2 Å². The van der Waals surface area contributed by atoms with Gasteiger partial charge < -0.3 is 20.5 Å². The van der Waals surface area contributed by atoms with Gasteiger partial charge in [-0.15, -0.1) is 11.3 Å². The van der Waals surface area contributed by atoms with Crippen molar-refractivity contribution in [1.82, 2.24) is 14.5 Å². The summed E-state index contributed by atoms with van der Waals surface area (Å²) >= 11 is 0.945. The Morgan fingerprint density at radius 1 is 1.00 bits per heavy atom. The average Bonchev–Trinajstić information content (AvgIpc) is 3.48. The number of carbonyl (C=O) groups excluding carboxylic acids is 2. The highest BCUT2D eigenvalue weighted by molar-refractivity contribution is 7.91. The molecule has 1 saturated carbocycles. The summed E-state index contributed by atoms with van der Waals surface area (Å²) in [6.45, 7) is 1.11. The van der Waals surface area contributed by atoms with Gasteiger partial charge >= 0.3 is 0 Å². The maximum Gasteiger partial charge on any atom is 0.252 e. The molecule has 1 aromatic heterocycles. The molecule has 1 saturated heterocycles. The van der Waals surface area contributed by atoms with Crippen LogP contribution in [-0.2, 0) is 32.7 Å². The van der Waals surface area contributed by atoms with Crippen molar-refractivity contribution in [3.63, 3.8) is 0 Å². The Labute approximate surface area is 236 Å². The molecule has 0 radical (unpaired) electrons. The number of sulfonamides is 1. The lowest BCUT2D eigenvalue weighted by atomic mass is 10.1. The first-order valence-corrected chi connectivity index (χ1v) is 15.5. The van der Waals surface area contributed by atoms with Crippen LogP contribution in [0.4, 0.5) is 0 Å². The minimum atomic E-state index is -3.92. The Hall–Kier alpha value is -3.29. The number of primary amides is 1. The fraction of sp³-hybridized carbons (Fsp3) is 0.357. The van der Waals surface area contributed by atoms with Gasteiger partial charge in [-0.1, -0.05) is 24.3 Å². The van der Waals surface area contributed by atoms with Crippen LogP contribution in [0.25, 0.3) is 0 Å². The maximum absolute atomic E-state index is 13.5. The van der Waals surface area contributed by atoms with Crippen LogP contribution >= 0.6 is 11.3 Å². The third-order valence-corrected chi connectivity index (χ3v) is 10.6. The summed E-state index contributed by atoms with van der Waals surface area (Å²) in [6.07, 6.45) is 1.49. The number of hydrogen-bond acceptors (Lipinski definition) is 8. The molecular formula is C28H30N4O6S2. The second kappa shape index (κ2) is 10.9. The van der Waals surface area contributed by atoms with Gasteiger partial charge in [0, 0.05) is 31.1 Å². The van der Waals surface area contributed by atoms with E-state index < -0.39 is 28.1 Å². The SMILES string of the molecule is NC(=O)c1csc(S(=O)(=O)N2C[C@@H]3NC(=O)CN(C4CC4)Cc4cccc(c4)Oc4cccc(c4)CO[C@H]3C2)c1. The molecule has 210 valence electrons. The molecule has 10 nitrogen and oxygen atoms in total. The van der Waals surface area contributed by atoms with E-state index in [4.69, 9.17) is 15.2 Å². The number of nitrogens with two attached hydrogens (primary N) is 1. The zero-order chi connectivity index (χ0) is 27.9. The van der Waals surface area contributed by atoms with E-state index in [2.05, 4.69) is 10.2 Å². The number of nitrogens with zero attached hydrogens (tertiary/aromatic N) is 2. The van der Waals surface area contributed by atoms with Crippen molar-refractivity contribution < 1.29 is 27.5 Å². The van der Waals surface area contributed by atoms with Crippen LogP contribution in [0.15, 0.2) is 64.2 Å². The van der Waals surface area contributed by atoms with Gasteiger partial charge in [0.15, 0.2) is 0 Å². The normalized spacial score (nSPS) is 22.8. The lowest BCUT2D eigenvalue weighted by Gasteiger charge is -2.25. The van der Waals surface area contributed by atoms with Crippen LogP contribution in [0.2, 0.25) is 0 Å². The summed E-state index contributed by atoms with van der Waals surface area (Å²) in [5, 5.41) is 4.49. The third kappa shape index (κ3) is 5.91. The number of carbonyl (C=O) groups is 2. The van der Waals surface area contributed by atoms with E-state index in [9.17, 15) is 18.0 Å². The van der Waals surface area contributed by atoms with Gasteiger partial charge in [-0.05, 0) is 54.3 Å². The summed E-state index contributed by atoms with van der Waals surface area (Å²) in [5.41, 5.74) is 7.38. The molecule has 0 unspecified atom stereocenters. The predicted molar refractivity (Wildman–Crippen MR) is 148 cm³/mol. The zero-order valence-electron chi connectivity index (χ0n) is 21.7. The van der Waals surface area contributed by atoms with Crippen molar-refractivity contribution in [2.24, 2.45) is 5.73 Å². The second-order valence-corrected chi connectivity index (χ2v) is 13.5. The lowest BCUT2D eigenvalue weighted by Crippen LogP contribution is -2.48. The topological polar surface area (TPSA) is 131 Å².